The second-order valence-corrected chi connectivity index (χ2v) is 14.2. The molecule has 6 aromatic carbocycles. The molecular formula is C46H33N5Pt. The van der Waals surface area contributed by atoms with E-state index in [-0.39, 0.29) is 26.5 Å². The molecule has 0 aliphatic rings. The van der Waals surface area contributed by atoms with Crippen molar-refractivity contribution in [2.45, 2.75) is 26.2 Å². The van der Waals surface area contributed by atoms with Gasteiger partial charge in [-0.25, -0.2) is 9.97 Å². The van der Waals surface area contributed by atoms with Crippen molar-refractivity contribution in [1.29, 1.82) is 0 Å². The van der Waals surface area contributed by atoms with E-state index in [2.05, 4.69) is 157 Å². The van der Waals surface area contributed by atoms with Crippen LogP contribution in [0, 0.1) is 6.07 Å². The van der Waals surface area contributed by atoms with Crippen LogP contribution in [0.1, 0.15) is 26.3 Å². The fourth-order valence-corrected chi connectivity index (χ4v) is 7.63. The molecule has 0 saturated carbocycles. The number of pyridine rings is 1. The van der Waals surface area contributed by atoms with Crippen molar-refractivity contribution in [3.8, 4) is 34.0 Å². The summed E-state index contributed by atoms with van der Waals surface area (Å²) in [7, 11) is 0. The molecule has 52 heavy (non-hydrogen) atoms. The number of aromatic nitrogens is 5. The first-order chi connectivity index (χ1) is 24.9. The van der Waals surface area contributed by atoms with Crippen LogP contribution in [-0.4, -0.2) is 19.1 Å². The molecule has 0 saturated heterocycles. The molecule has 10 rings (SSSR count). The maximum absolute atomic E-state index is 5.54. The largest absolute Gasteiger partial charge is 2.00 e. The number of hydrogen-bond acceptors (Lipinski definition) is 2. The predicted molar refractivity (Wildman–Crippen MR) is 210 cm³/mol. The van der Waals surface area contributed by atoms with Crippen molar-refractivity contribution in [1.82, 2.24) is 24.1 Å². The monoisotopic (exact) mass is 850 g/mol. The molecule has 4 heterocycles. The zero-order chi connectivity index (χ0) is 34.3. The molecule has 0 atom stereocenters. The minimum absolute atomic E-state index is 0. The third-order valence-electron chi connectivity index (χ3n) is 10.1. The number of rotatable bonds is 4. The Morgan fingerprint density at radius 1 is 0.615 bits per heavy atom. The normalized spacial score (nSPS) is 12.0. The summed E-state index contributed by atoms with van der Waals surface area (Å²) in [6, 6.07) is 52.9. The van der Waals surface area contributed by atoms with E-state index in [1.165, 1.54) is 10.9 Å². The van der Waals surface area contributed by atoms with Crippen molar-refractivity contribution in [2.75, 3.05) is 0 Å². The summed E-state index contributed by atoms with van der Waals surface area (Å²) in [5.41, 5.74) is 11.3. The van der Waals surface area contributed by atoms with Gasteiger partial charge in [0.1, 0.15) is 11.6 Å². The van der Waals surface area contributed by atoms with E-state index in [0.717, 1.165) is 83.3 Å². The van der Waals surface area contributed by atoms with E-state index in [4.69, 9.17) is 15.0 Å². The molecule has 0 fully saturated rings. The Labute approximate surface area is 315 Å². The van der Waals surface area contributed by atoms with Gasteiger partial charge in [0.25, 0.3) is 0 Å². The van der Waals surface area contributed by atoms with Crippen LogP contribution >= 0.6 is 0 Å². The molecule has 0 N–H and O–H groups in total. The zero-order valence-corrected chi connectivity index (χ0v) is 31.2. The number of hydrogen-bond donors (Lipinski definition) is 0. The van der Waals surface area contributed by atoms with Gasteiger partial charge < -0.3 is 9.55 Å². The average molecular weight is 851 g/mol. The number of fused-ring (bicyclic) bond motifs is 7. The first-order valence-corrected chi connectivity index (χ1v) is 17.4. The standard InChI is InChI=1S/C46H33N5.Pt/c1-46(2,3)30-13-10-14-31(28-30)50-40-22-12-17-32(44(40)49-45(50)37-19-11-18-36-33-15-4-6-20-38(33)48-43(36)37)29-24-25-35-34-16-5-7-21-39(34)51(41(35)27-29)42-23-8-9-26-47-42;/h4-26,28H,1-3H3;/q-2;+2. The van der Waals surface area contributed by atoms with Crippen molar-refractivity contribution in [3.05, 3.63) is 157 Å². The molecular weight excluding hydrogens is 818 g/mol. The molecule has 0 spiro atoms. The van der Waals surface area contributed by atoms with Gasteiger partial charge in [0.2, 0.25) is 0 Å². The molecule has 0 radical (unpaired) electrons. The van der Waals surface area contributed by atoms with Gasteiger partial charge in [-0.3, -0.25) is 4.57 Å². The van der Waals surface area contributed by atoms with Crippen LogP contribution in [0.4, 0.5) is 0 Å². The summed E-state index contributed by atoms with van der Waals surface area (Å²) in [5, 5.41) is 4.59. The maximum atomic E-state index is 5.54. The van der Waals surface area contributed by atoms with Crippen LogP contribution in [0.5, 0.6) is 0 Å². The molecule has 5 nitrogen and oxygen atoms in total. The zero-order valence-electron chi connectivity index (χ0n) is 28.9. The quantitative estimate of drug-likeness (QED) is 0.166. The van der Waals surface area contributed by atoms with Gasteiger partial charge in [-0.2, -0.15) is 0 Å². The molecule has 0 bridgehead atoms. The topological polar surface area (TPSA) is 49.7 Å². The number of para-hydroxylation sites is 4. The van der Waals surface area contributed by atoms with Gasteiger partial charge in [0, 0.05) is 23.0 Å². The van der Waals surface area contributed by atoms with E-state index in [1.807, 2.05) is 24.4 Å². The van der Waals surface area contributed by atoms with Gasteiger partial charge in [-0.1, -0.05) is 123 Å². The molecule has 0 aliphatic carbocycles. The first kappa shape index (κ1) is 32.2. The van der Waals surface area contributed by atoms with Crippen molar-refractivity contribution < 1.29 is 21.1 Å². The van der Waals surface area contributed by atoms with E-state index < -0.39 is 0 Å². The van der Waals surface area contributed by atoms with Crippen LogP contribution in [0.15, 0.2) is 146 Å². The minimum atomic E-state index is -0.0148. The Hall–Kier alpha value is -5.77. The van der Waals surface area contributed by atoms with Crippen molar-refractivity contribution in [2.24, 2.45) is 0 Å². The fraction of sp³-hybridized carbons (Fsp3) is 0.0870. The fourth-order valence-electron chi connectivity index (χ4n) is 7.63. The van der Waals surface area contributed by atoms with Gasteiger partial charge in [-0.15, -0.1) is 34.8 Å². The van der Waals surface area contributed by atoms with Crippen molar-refractivity contribution >= 4 is 54.6 Å². The summed E-state index contributed by atoms with van der Waals surface area (Å²) >= 11 is 0. The SMILES string of the molecule is CC(C)(C)c1cccc(-n2c(-c3cccc4c3[n-]c3ccccc34)nc3c(-c4[c-]c5c(cc4)c4ccccc4n5-c4ccccn4)cccc32)c1.[Pt+2]. The Bertz CT molecular complexity index is 2960. The van der Waals surface area contributed by atoms with Crippen LogP contribution in [0.2, 0.25) is 0 Å². The summed E-state index contributed by atoms with van der Waals surface area (Å²) in [5.74, 6) is 1.73. The average Bonchev–Trinajstić information content (AvgIpc) is 3.84. The molecule has 0 amide bonds. The second-order valence-electron chi connectivity index (χ2n) is 14.2. The summed E-state index contributed by atoms with van der Waals surface area (Å²) in [6.45, 7) is 6.77. The number of imidazole rings is 1. The van der Waals surface area contributed by atoms with Gasteiger partial charge in [0.05, 0.1) is 11.0 Å². The molecule has 10 aromatic rings. The van der Waals surface area contributed by atoms with E-state index >= 15 is 0 Å². The summed E-state index contributed by atoms with van der Waals surface area (Å²) in [4.78, 5) is 15.4. The predicted octanol–water partition coefficient (Wildman–Crippen LogP) is 11.2. The van der Waals surface area contributed by atoms with Crippen LogP contribution < -0.4 is 4.98 Å². The molecule has 4 aromatic heterocycles. The molecule has 0 unspecified atom stereocenters. The number of benzene rings is 6. The van der Waals surface area contributed by atoms with E-state index in [9.17, 15) is 0 Å². The molecule has 252 valence electrons. The Balaban J connectivity index is 0.00000360. The third-order valence-corrected chi connectivity index (χ3v) is 10.1. The summed E-state index contributed by atoms with van der Waals surface area (Å²) < 4.78 is 4.52. The molecule has 6 heteroatoms. The summed E-state index contributed by atoms with van der Waals surface area (Å²) in [6.07, 6.45) is 1.84. The third kappa shape index (κ3) is 4.95. The van der Waals surface area contributed by atoms with E-state index in [1.54, 1.807) is 0 Å². The molecule has 0 aliphatic heterocycles. The first-order valence-electron chi connectivity index (χ1n) is 17.4. The Morgan fingerprint density at radius 3 is 2.19 bits per heavy atom. The minimum Gasteiger partial charge on any atom is -0.656 e. The van der Waals surface area contributed by atoms with Gasteiger partial charge in [0.15, 0.2) is 0 Å². The number of nitrogens with zero attached hydrogens (tertiary/aromatic N) is 5. The second kappa shape index (κ2) is 12.2. The van der Waals surface area contributed by atoms with Crippen LogP contribution in [-0.2, 0) is 26.5 Å². The Kier molecular flexibility index (Phi) is 7.53. The van der Waals surface area contributed by atoms with Crippen LogP contribution in [0.3, 0.4) is 0 Å². The maximum Gasteiger partial charge on any atom is 2.00 e. The van der Waals surface area contributed by atoms with Crippen LogP contribution in [0.25, 0.3) is 88.7 Å². The Morgan fingerprint density at radius 2 is 1.35 bits per heavy atom. The van der Waals surface area contributed by atoms with Gasteiger partial charge >= 0.3 is 21.1 Å². The smallest absolute Gasteiger partial charge is 0.656 e. The van der Waals surface area contributed by atoms with Gasteiger partial charge in [-0.05, 0) is 69.1 Å². The van der Waals surface area contributed by atoms with E-state index in [0.29, 0.717) is 0 Å². The van der Waals surface area contributed by atoms with Crippen molar-refractivity contribution in [3.63, 3.8) is 0 Å².